The van der Waals surface area contributed by atoms with Gasteiger partial charge in [0.05, 0.1) is 15.6 Å². The fourth-order valence-corrected chi connectivity index (χ4v) is 2.73. The molecule has 0 saturated heterocycles. The molecule has 0 amide bonds. The molecule has 0 saturated carbocycles. The lowest BCUT2D eigenvalue weighted by atomic mass is 10.1. The molecule has 19 heavy (non-hydrogen) atoms. The first-order valence-electron chi connectivity index (χ1n) is 5.17. The van der Waals surface area contributed by atoms with Crippen LogP contribution in [0, 0.1) is 0 Å². The monoisotopic (exact) mass is 325 g/mol. The van der Waals surface area contributed by atoms with E-state index in [2.05, 4.69) is 0 Å². The van der Waals surface area contributed by atoms with Crippen molar-refractivity contribution in [3.8, 4) is 0 Å². The molecule has 2 N–H and O–H groups in total. The van der Waals surface area contributed by atoms with Gasteiger partial charge in [-0.15, -0.1) is 0 Å². The lowest BCUT2D eigenvalue weighted by molar-refractivity contribution is 0.00697. The summed E-state index contributed by atoms with van der Waals surface area (Å²) in [5.74, 6) is -0.812. The average molecular weight is 326 g/mol. The van der Waals surface area contributed by atoms with E-state index in [0.717, 1.165) is 6.07 Å². The van der Waals surface area contributed by atoms with Crippen LogP contribution in [0.1, 0.15) is 31.1 Å². The smallest absolute Gasteiger partial charge is 0.341 e. The molecule has 0 spiro atoms. The number of primary sulfonamides is 1. The van der Waals surface area contributed by atoms with Gasteiger partial charge in [0.2, 0.25) is 10.0 Å². The van der Waals surface area contributed by atoms with Crippen LogP contribution in [0.3, 0.4) is 0 Å². The van der Waals surface area contributed by atoms with Crippen LogP contribution in [0.2, 0.25) is 10.0 Å². The maximum absolute atomic E-state index is 12.0. The van der Waals surface area contributed by atoms with E-state index >= 15 is 0 Å². The highest BCUT2D eigenvalue weighted by atomic mass is 35.5. The van der Waals surface area contributed by atoms with Gasteiger partial charge in [-0.25, -0.2) is 18.4 Å². The zero-order valence-electron chi connectivity index (χ0n) is 10.5. The van der Waals surface area contributed by atoms with E-state index in [0.29, 0.717) is 0 Å². The highest BCUT2D eigenvalue weighted by Gasteiger charge is 2.26. The molecule has 0 bridgehead atoms. The number of rotatable bonds is 2. The zero-order valence-corrected chi connectivity index (χ0v) is 12.9. The van der Waals surface area contributed by atoms with Gasteiger partial charge in [0.25, 0.3) is 0 Å². The Morgan fingerprint density at radius 1 is 1.26 bits per heavy atom. The summed E-state index contributed by atoms with van der Waals surface area (Å²) in [6.45, 7) is 4.99. The van der Waals surface area contributed by atoms with Crippen molar-refractivity contribution in [1.29, 1.82) is 0 Å². The molecule has 0 fully saturated rings. The first kappa shape index (κ1) is 16.2. The Bertz CT molecular complexity index is 620. The molecular formula is C11H13Cl2NO4S. The minimum absolute atomic E-state index is 0.00773. The summed E-state index contributed by atoms with van der Waals surface area (Å²) in [6, 6.07) is 2.36. The summed E-state index contributed by atoms with van der Waals surface area (Å²) in [5.41, 5.74) is -0.980. The molecule has 0 atom stereocenters. The molecule has 8 heteroatoms. The third kappa shape index (κ3) is 4.07. The molecular weight excluding hydrogens is 313 g/mol. The molecule has 1 rings (SSSR count). The van der Waals surface area contributed by atoms with Gasteiger partial charge in [-0.2, -0.15) is 0 Å². The molecule has 0 aromatic heterocycles. The number of sulfonamides is 1. The quantitative estimate of drug-likeness (QED) is 0.846. The van der Waals surface area contributed by atoms with E-state index < -0.39 is 21.6 Å². The van der Waals surface area contributed by atoms with Crippen molar-refractivity contribution < 1.29 is 17.9 Å². The van der Waals surface area contributed by atoms with Gasteiger partial charge in [-0.05, 0) is 32.9 Å². The van der Waals surface area contributed by atoms with Gasteiger partial charge in [0.1, 0.15) is 10.5 Å². The van der Waals surface area contributed by atoms with E-state index in [4.69, 9.17) is 33.1 Å². The first-order chi connectivity index (χ1) is 8.43. The van der Waals surface area contributed by atoms with Crippen molar-refractivity contribution in [2.75, 3.05) is 0 Å². The van der Waals surface area contributed by atoms with Crippen LogP contribution in [-0.2, 0) is 14.8 Å². The predicted molar refractivity (Wildman–Crippen MR) is 73.0 cm³/mol. The normalized spacial score (nSPS) is 12.3. The number of carbonyl (C=O) groups excluding carboxylic acids is 1. The van der Waals surface area contributed by atoms with Crippen molar-refractivity contribution in [2.24, 2.45) is 5.14 Å². The number of esters is 1. The third-order valence-corrected chi connectivity index (χ3v) is 3.74. The lowest BCUT2D eigenvalue weighted by Crippen LogP contribution is -2.25. The maximum atomic E-state index is 12.0. The van der Waals surface area contributed by atoms with Gasteiger partial charge in [-0.3, -0.25) is 0 Å². The largest absolute Gasteiger partial charge is 0.456 e. The molecule has 0 heterocycles. The summed E-state index contributed by atoms with van der Waals surface area (Å²) in [7, 11) is -4.05. The van der Waals surface area contributed by atoms with Crippen LogP contribution in [0.25, 0.3) is 0 Å². The van der Waals surface area contributed by atoms with Crippen molar-refractivity contribution in [1.82, 2.24) is 0 Å². The Hall–Kier alpha value is -0.820. The SMILES string of the molecule is CC(C)(C)OC(=O)c1c(Cl)ccc(S(N)(=O)=O)c1Cl. The molecule has 1 aromatic carbocycles. The standard InChI is InChI=1S/C11H13Cl2NO4S/c1-11(2,3)18-10(15)8-6(12)4-5-7(9(8)13)19(14,16)17/h4-5H,1-3H3,(H2,14,16,17). The summed E-state index contributed by atoms with van der Waals surface area (Å²) in [4.78, 5) is 11.6. The Kier molecular flexibility index (Phi) is 4.51. The average Bonchev–Trinajstić information content (AvgIpc) is 2.11. The van der Waals surface area contributed by atoms with Crippen LogP contribution in [0.4, 0.5) is 0 Å². The van der Waals surface area contributed by atoms with Gasteiger partial charge in [-0.1, -0.05) is 23.2 Å². The molecule has 0 aliphatic heterocycles. The summed E-state index contributed by atoms with van der Waals surface area (Å²) < 4.78 is 27.8. The number of ether oxygens (including phenoxy) is 1. The molecule has 1 aromatic rings. The topological polar surface area (TPSA) is 86.5 Å². The van der Waals surface area contributed by atoms with Gasteiger partial charge in [0.15, 0.2) is 0 Å². The molecule has 0 unspecified atom stereocenters. The summed E-state index contributed by atoms with van der Waals surface area (Å²) >= 11 is 11.7. The number of hydrogen-bond acceptors (Lipinski definition) is 4. The van der Waals surface area contributed by atoms with Crippen molar-refractivity contribution in [3.63, 3.8) is 0 Å². The van der Waals surface area contributed by atoms with Crippen LogP contribution < -0.4 is 5.14 Å². The number of halogens is 2. The van der Waals surface area contributed by atoms with E-state index in [9.17, 15) is 13.2 Å². The van der Waals surface area contributed by atoms with E-state index in [1.165, 1.54) is 6.07 Å². The predicted octanol–water partition coefficient (Wildman–Crippen LogP) is 2.60. The highest BCUT2D eigenvalue weighted by Crippen LogP contribution is 2.31. The second-order valence-electron chi connectivity index (χ2n) is 4.78. The number of carbonyl (C=O) groups is 1. The molecule has 5 nitrogen and oxygen atoms in total. The van der Waals surface area contributed by atoms with Crippen molar-refractivity contribution in [2.45, 2.75) is 31.3 Å². The van der Waals surface area contributed by atoms with Gasteiger partial charge < -0.3 is 4.74 Å². The Labute approximate surface area is 121 Å². The number of hydrogen-bond donors (Lipinski definition) is 1. The lowest BCUT2D eigenvalue weighted by Gasteiger charge is -2.20. The van der Waals surface area contributed by atoms with Crippen molar-refractivity contribution >= 4 is 39.2 Å². The zero-order chi connectivity index (χ0) is 15.0. The highest BCUT2D eigenvalue weighted by molar-refractivity contribution is 7.89. The van der Waals surface area contributed by atoms with E-state index in [-0.39, 0.29) is 20.5 Å². The molecule has 0 aliphatic carbocycles. The first-order valence-corrected chi connectivity index (χ1v) is 7.48. The number of benzene rings is 1. The van der Waals surface area contributed by atoms with E-state index in [1.54, 1.807) is 20.8 Å². The van der Waals surface area contributed by atoms with Crippen LogP contribution in [-0.4, -0.2) is 20.0 Å². The molecule has 0 radical (unpaired) electrons. The minimum atomic E-state index is -4.05. The van der Waals surface area contributed by atoms with Gasteiger partial charge >= 0.3 is 5.97 Å². The Morgan fingerprint density at radius 2 is 1.79 bits per heavy atom. The Morgan fingerprint density at radius 3 is 2.21 bits per heavy atom. The van der Waals surface area contributed by atoms with Crippen LogP contribution >= 0.6 is 23.2 Å². The fraction of sp³-hybridized carbons (Fsp3) is 0.364. The second kappa shape index (κ2) is 5.28. The maximum Gasteiger partial charge on any atom is 0.341 e. The summed E-state index contributed by atoms with van der Waals surface area (Å²) in [5, 5.41) is 4.65. The van der Waals surface area contributed by atoms with Crippen LogP contribution in [0.15, 0.2) is 17.0 Å². The second-order valence-corrected chi connectivity index (χ2v) is 7.10. The summed E-state index contributed by atoms with van der Waals surface area (Å²) in [6.07, 6.45) is 0. The Balaban J connectivity index is 3.40. The van der Waals surface area contributed by atoms with E-state index in [1.807, 2.05) is 0 Å². The molecule has 0 aliphatic rings. The van der Waals surface area contributed by atoms with Gasteiger partial charge in [0, 0.05) is 0 Å². The van der Waals surface area contributed by atoms with Crippen molar-refractivity contribution in [3.05, 3.63) is 27.7 Å². The fourth-order valence-electron chi connectivity index (χ4n) is 1.27. The molecule has 106 valence electrons. The third-order valence-electron chi connectivity index (χ3n) is 1.97. The van der Waals surface area contributed by atoms with Crippen LogP contribution in [0.5, 0.6) is 0 Å². The minimum Gasteiger partial charge on any atom is -0.456 e. The number of nitrogens with two attached hydrogens (primary N) is 1.